The average molecular weight is 578 g/mol. The highest BCUT2D eigenvalue weighted by atomic mass is 35.5. The minimum absolute atomic E-state index is 0.00178. The van der Waals surface area contributed by atoms with Crippen LogP contribution in [0.1, 0.15) is 29.7 Å². The van der Waals surface area contributed by atoms with Gasteiger partial charge in [-0.2, -0.15) is 4.31 Å². The van der Waals surface area contributed by atoms with E-state index in [1.165, 1.54) is 15.3 Å². The van der Waals surface area contributed by atoms with Crippen molar-refractivity contribution in [3.05, 3.63) is 82.6 Å². The number of pyridine rings is 1. The number of carbonyl (C=O) groups is 1. The number of hydrogen-bond acceptors (Lipinski definition) is 5. The molecule has 1 amide bonds. The highest BCUT2D eigenvalue weighted by molar-refractivity contribution is 7.89. The predicted octanol–water partition coefficient (Wildman–Crippen LogP) is 4.02. The van der Waals surface area contributed by atoms with Crippen molar-refractivity contribution in [1.29, 1.82) is 0 Å². The molecule has 1 aromatic heterocycles. The van der Waals surface area contributed by atoms with Gasteiger partial charge in [0.1, 0.15) is 6.16 Å². The summed E-state index contributed by atoms with van der Waals surface area (Å²) in [6.45, 7) is 3.56. The molecular weight excluding hydrogens is 549 g/mol. The lowest BCUT2D eigenvalue weighted by molar-refractivity contribution is -0.130. The first-order chi connectivity index (χ1) is 17.9. The van der Waals surface area contributed by atoms with Crippen LogP contribution in [-0.4, -0.2) is 64.1 Å². The second-order valence-electron chi connectivity index (χ2n) is 9.17. The Labute approximate surface area is 227 Å². The van der Waals surface area contributed by atoms with Gasteiger partial charge in [0.25, 0.3) is 0 Å². The second-order valence-corrected chi connectivity index (χ2v) is 13.1. The molecule has 1 atom stereocenters. The number of aromatic nitrogens is 1. The van der Waals surface area contributed by atoms with E-state index < -0.39 is 35.7 Å². The summed E-state index contributed by atoms with van der Waals surface area (Å²) < 4.78 is 40.7. The molecule has 0 bridgehead atoms. The van der Waals surface area contributed by atoms with Gasteiger partial charge in [0.15, 0.2) is 0 Å². The average Bonchev–Trinajstić information content (AvgIpc) is 2.88. The Balaban J connectivity index is 1.79. The summed E-state index contributed by atoms with van der Waals surface area (Å²) in [7, 11) is -8.63. The summed E-state index contributed by atoms with van der Waals surface area (Å²) in [5.74, 6) is -0.724. The van der Waals surface area contributed by atoms with Gasteiger partial charge in [-0.1, -0.05) is 42.8 Å². The number of carbonyl (C=O) groups excluding carboxylic acids is 1. The number of hydrogen-bond donors (Lipinski definition) is 2. The summed E-state index contributed by atoms with van der Waals surface area (Å²) in [4.78, 5) is 37.0. The van der Waals surface area contributed by atoms with Crippen LogP contribution in [-0.2, 0) is 25.8 Å². The standard InChI is InChI=1S/C26H29ClN3O6PS/c1-3-19-15-28-11-10-22(19)20-6-4-7-21(14-20)24-16-29(26(31)17-37(32,33)34)12-13-30(24)38(35,36)25-9-5-8-23(27)18(25)2/h4-11,14-15,24H,3,12-13,16-17H2,1-2H3,(H2,32,33,34). The highest BCUT2D eigenvalue weighted by Crippen LogP contribution is 2.38. The van der Waals surface area contributed by atoms with Crippen molar-refractivity contribution in [3.63, 3.8) is 0 Å². The molecule has 9 nitrogen and oxygen atoms in total. The van der Waals surface area contributed by atoms with Crippen LogP contribution >= 0.6 is 19.2 Å². The van der Waals surface area contributed by atoms with Gasteiger partial charge < -0.3 is 14.7 Å². The minimum atomic E-state index is -4.59. The first kappa shape index (κ1) is 28.4. The molecule has 3 aromatic rings. The van der Waals surface area contributed by atoms with E-state index >= 15 is 0 Å². The molecule has 2 N–H and O–H groups in total. The molecule has 0 radical (unpaired) electrons. The van der Waals surface area contributed by atoms with Crippen molar-refractivity contribution < 1.29 is 27.6 Å². The Hall–Kier alpha value is -2.59. The van der Waals surface area contributed by atoms with Crippen molar-refractivity contribution in [2.75, 3.05) is 25.8 Å². The van der Waals surface area contributed by atoms with Gasteiger partial charge in [0.05, 0.1) is 10.9 Å². The molecule has 2 aromatic carbocycles. The fourth-order valence-corrected chi connectivity index (χ4v) is 7.35. The van der Waals surface area contributed by atoms with E-state index in [-0.39, 0.29) is 24.5 Å². The van der Waals surface area contributed by atoms with Crippen LogP contribution in [0.4, 0.5) is 0 Å². The number of nitrogens with zero attached hydrogens (tertiary/aromatic N) is 3. The van der Waals surface area contributed by atoms with E-state index in [2.05, 4.69) is 4.98 Å². The normalized spacial score (nSPS) is 17.0. The third-order valence-electron chi connectivity index (χ3n) is 6.70. The van der Waals surface area contributed by atoms with E-state index in [4.69, 9.17) is 11.6 Å². The second kappa shape index (κ2) is 11.3. The van der Waals surface area contributed by atoms with Crippen molar-refractivity contribution in [3.8, 4) is 11.1 Å². The quantitative estimate of drug-likeness (QED) is 0.406. The number of amides is 1. The fourth-order valence-electron chi connectivity index (χ4n) is 4.73. The summed E-state index contributed by atoms with van der Waals surface area (Å²) in [5.41, 5.74) is 3.95. The van der Waals surface area contributed by atoms with Crippen molar-refractivity contribution in [2.24, 2.45) is 0 Å². The lowest BCUT2D eigenvalue weighted by Gasteiger charge is -2.41. The Morgan fingerprint density at radius 1 is 1.16 bits per heavy atom. The molecular formula is C26H29ClN3O6PS. The number of benzene rings is 2. The zero-order chi connectivity index (χ0) is 27.7. The number of rotatable bonds is 7. The van der Waals surface area contributed by atoms with Gasteiger partial charge in [-0.3, -0.25) is 14.3 Å². The van der Waals surface area contributed by atoms with Crippen molar-refractivity contribution in [1.82, 2.24) is 14.2 Å². The molecule has 4 rings (SSSR count). The molecule has 0 saturated carbocycles. The lowest BCUT2D eigenvalue weighted by Crippen LogP contribution is -2.52. The van der Waals surface area contributed by atoms with E-state index in [0.717, 1.165) is 23.1 Å². The molecule has 1 fully saturated rings. The lowest BCUT2D eigenvalue weighted by atomic mass is 9.95. The number of aryl methyl sites for hydroxylation is 1. The fraction of sp³-hybridized carbons (Fsp3) is 0.308. The van der Waals surface area contributed by atoms with Gasteiger partial charge in [-0.25, -0.2) is 8.42 Å². The maximum atomic E-state index is 13.9. The summed E-state index contributed by atoms with van der Waals surface area (Å²) in [5, 5.41) is 0.324. The Kier molecular flexibility index (Phi) is 8.42. The van der Waals surface area contributed by atoms with Gasteiger partial charge in [-0.05, 0) is 65.4 Å². The maximum absolute atomic E-state index is 13.9. The van der Waals surface area contributed by atoms with Crippen LogP contribution in [0.15, 0.2) is 65.8 Å². The number of halogens is 1. The van der Waals surface area contributed by atoms with E-state index in [9.17, 15) is 27.6 Å². The van der Waals surface area contributed by atoms with Gasteiger partial charge in [0, 0.05) is 37.1 Å². The van der Waals surface area contributed by atoms with Gasteiger partial charge in [-0.15, -0.1) is 0 Å². The first-order valence-corrected chi connectivity index (χ1v) is 15.7. The third kappa shape index (κ3) is 6.01. The van der Waals surface area contributed by atoms with Gasteiger partial charge in [0.2, 0.25) is 15.9 Å². The summed E-state index contributed by atoms with van der Waals surface area (Å²) >= 11 is 6.24. The molecule has 0 spiro atoms. The zero-order valence-electron chi connectivity index (χ0n) is 21.0. The molecule has 12 heteroatoms. The Morgan fingerprint density at radius 3 is 2.61 bits per heavy atom. The van der Waals surface area contributed by atoms with Crippen LogP contribution in [0.3, 0.4) is 0 Å². The SMILES string of the molecule is CCc1cnccc1-c1cccc(C2CN(C(=O)CP(=O)(O)O)CCN2S(=O)(=O)c2cccc(Cl)c2C)c1. The largest absolute Gasteiger partial charge is 0.339 e. The topological polar surface area (TPSA) is 128 Å². The molecule has 1 aliphatic heterocycles. The molecule has 1 unspecified atom stereocenters. The van der Waals surface area contributed by atoms with Crippen LogP contribution in [0.25, 0.3) is 11.1 Å². The number of piperazine rings is 1. The maximum Gasteiger partial charge on any atom is 0.334 e. The van der Waals surface area contributed by atoms with Crippen LogP contribution in [0.2, 0.25) is 5.02 Å². The minimum Gasteiger partial charge on any atom is -0.339 e. The summed E-state index contributed by atoms with van der Waals surface area (Å²) in [6, 6.07) is 13.3. The van der Waals surface area contributed by atoms with Crippen LogP contribution < -0.4 is 0 Å². The molecule has 38 heavy (non-hydrogen) atoms. The van der Waals surface area contributed by atoms with Crippen molar-refractivity contribution in [2.45, 2.75) is 31.2 Å². The zero-order valence-corrected chi connectivity index (χ0v) is 23.5. The molecule has 1 saturated heterocycles. The smallest absolute Gasteiger partial charge is 0.334 e. The van der Waals surface area contributed by atoms with Crippen LogP contribution in [0, 0.1) is 6.92 Å². The monoisotopic (exact) mass is 577 g/mol. The number of sulfonamides is 1. The summed E-state index contributed by atoms with van der Waals surface area (Å²) in [6.07, 6.45) is 3.32. The third-order valence-corrected chi connectivity index (χ3v) is 9.84. The van der Waals surface area contributed by atoms with E-state index in [0.29, 0.717) is 16.1 Å². The van der Waals surface area contributed by atoms with Crippen molar-refractivity contribution >= 4 is 35.1 Å². The predicted molar refractivity (Wildman–Crippen MR) is 145 cm³/mol. The molecule has 2 heterocycles. The van der Waals surface area contributed by atoms with E-state index in [1.807, 2.05) is 31.2 Å². The van der Waals surface area contributed by atoms with E-state index in [1.54, 1.807) is 37.5 Å². The Bertz CT molecular complexity index is 1510. The molecule has 0 aliphatic carbocycles. The highest BCUT2D eigenvalue weighted by Gasteiger charge is 2.40. The molecule has 202 valence electrons. The van der Waals surface area contributed by atoms with Crippen LogP contribution in [0.5, 0.6) is 0 Å². The Morgan fingerprint density at radius 2 is 1.89 bits per heavy atom. The van der Waals surface area contributed by atoms with Gasteiger partial charge >= 0.3 is 7.60 Å². The first-order valence-electron chi connectivity index (χ1n) is 12.0. The molecule has 1 aliphatic rings.